The van der Waals surface area contributed by atoms with Gasteiger partial charge in [0.25, 0.3) is 0 Å². The quantitative estimate of drug-likeness (QED) is 0.902. The van der Waals surface area contributed by atoms with E-state index in [0.29, 0.717) is 29.8 Å². The first kappa shape index (κ1) is 15.2. The fraction of sp³-hybridized carbons (Fsp3) is 0.625. The predicted molar refractivity (Wildman–Crippen MR) is 85.4 cm³/mol. The highest BCUT2D eigenvalue weighted by atomic mass is 16.3. The van der Waals surface area contributed by atoms with Gasteiger partial charge in [-0.15, -0.1) is 0 Å². The molecule has 1 aliphatic rings. The molecule has 0 aromatic carbocycles. The standard InChI is InChI=1S/C16H24N4O2/c1-9-5-4-6-20(12(9)8-21)7-13-18-15(17)14-10(2)11(3)22-16(14)19-13/h9,12,21H,4-8H2,1-3H3,(H2,17,18,19). The van der Waals surface area contributed by atoms with Gasteiger partial charge in [-0.3, -0.25) is 4.90 Å². The average molecular weight is 304 g/mol. The monoisotopic (exact) mass is 304 g/mol. The molecule has 2 unspecified atom stereocenters. The van der Waals surface area contributed by atoms with Gasteiger partial charge in [0.1, 0.15) is 17.4 Å². The maximum Gasteiger partial charge on any atom is 0.231 e. The van der Waals surface area contributed by atoms with E-state index in [1.807, 2.05) is 13.8 Å². The summed E-state index contributed by atoms with van der Waals surface area (Å²) < 4.78 is 5.68. The van der Waals surface area contributed by atoms with Gasteiger partial charge in [-0.25, -0.2) is 4.98 Å². The maximum atomic E-state index is 9.65. The molecule has 0 radical (unpaired) electrons. The highest BCUT2D eigenvalue weighted by molar-refractivity contribution is 5.88. The Hall–Kier alpha value is -1.66. The lowest BCUT2D eigenvalue weighted by Gasteiger charge is -2.38. The average Bonchev–Trinajstić information content (AvgIpc) is 2.74. The van der Waals surface area contributed by atoms with E-state index in [4.69, 9.17) is 10.2 Å². The van der Waals surface area contributed by atoms with E-state index in [1.165, 1.54) is 0 Å². The summed E-state index contributed by atoms with van der Waals surface area (Å²) >= 11 is 0. The fourth-order valence-corrected chi connectivity index (χ4v) is 3.41. The van der Waals surface area contributed by atoms with Crippen molar-refractivity contribution in [3.8, 4) is 0 Å². The number of aryl methyl sites for hydroxylation is 2. The van der Waals surface area contributed by atoms with Crippen molar-refractivity contribution in [2.24, 2.45) is 5.92 Å². The molecule has 22 heavy (non-hydrogen) atoms. The summed E-state index contributed by atoms with van der Waals surface area (Å²) in [6.45, 7) is 7.77. The molecule has 0 aliphatic carbocycles. The molecule has 0 bridgehead atoms. The van der Waals surface area contributed by atoms with E-state index in [1.54, 1.807) is 0 Å². The molecule has 2 aromatic heterocycles. The van der Waals surface area contributed by atoms with Crippen molar-refractivity contribution in [3.05, 3.63) is 17.1 Å². The Kier molecular flexibility index (Phi) is 4.06. The molecule has 2 aromatic rings. The number of anilines is 1. The Labute approximate surface area is 130 Å². The first-order chi connectivity index (χ1) is 10.5. The van der Waals surface area contributed by atoms with Crippen LogP contribution in [0.25, 0.3) is 11.1 Å². The molecule has 0 spiro atoms. The second-order valence-corrected chi connectivity index (χ2v) is 6.33. The molecule has 1 aliphatic heterocycles. The van der Waals surface area contributed by atoms with Crippen LogP contribution in [0.3, 0.4) is 0 Å². The minimum Gasteiger partial charge on any atom is -0.443 e. The van der Waals surface area contributed by atoms with Gasteiger partial charge in [0.05, 0.1) is 18.5 Å². The van der Waals surface area contributed by atoms with Gasteiger partial charge in [0.15, 0.2) is 0 Å². The van der Waals surface area contributed by atoms with Gasteiger partial charge in [0.2, 0.25) is 5.71 Å². The molecule has 6 nitrogen and oxygen atoms in total. The lowest BCUT2D eigenvalue weighted by atomic mass is 9.91. The normalized spacial score (nSPS) is 23.3. The second kappa shape index (κ2) is 5.85. The molecule has 3 N–H and O–H groups in total. The molecule has 0 saturated carbocycles. The number of aliphatic hydroxyl groups is 1. The van der Waals surface area contributed by atoms with Gasteiger partial charge >= 0.3 is 0 Å². The van der Waals surface area contributed by atoms with Crippen molar-refractivity contribution in [2.75, 3.05) is 18.9 Å². The summed E-state index contributed by atoms with van der Waals surface area (Å²) in [6, 6.07) is 0.161. The topological polar surface area (TPSA) is 88.4 Å². The number of hydrogen-bond donors (Lipinski definition) is 2. The Morgan fingerprint density at radius 2 is 2.14 bits per heavy atom. The number of fused-ring (bicyclic) bond motifs is 1. The molecule has 120 valence electrons. The van der Waals surface area contributed by atoms with Crippen molar-refractivity contribution in [3.63, 3.8) is 0 Å². The molecular formula is C16H24N4O2. The van der Waals surface area contributed by atoms with Gasteiger partial charge in [0, 0.05) is 11.6 Å². The van der Waals surface area contributed by atoms with Gasteiger partial charge in [-0.1, -0.05) is 6.92 Å². The van der Waals surface area contributed by atoms with Crippen LogP contribution in [0.4, 0.5) is 5.82 Å². The van der Waals surface area contributed by atoms with E-state index in [2.05, 4.69) is 21.8 Å². The minimum atomic E-state index is 0.161. The number of nitrogens with two attached hydrogens (primary N) is 1. The van der Waals surface area contributed by atoms with Crippen molar-refractivity contribution in [1.82, 2.24) is 14.9 Å². The number of aliphatic hydroxyl groups excluding tert-OH is 1. The Bertz CT molecular complexity index is 682. The van der Waals surface area contributed by atoms with E-state index in [0.717, 1.165) is 36.1 Å². The number of furan rings is 1. The molecule has 1 fully saturated rings. The molecule has 3 heterocycles. The SMILES string of the molecule is Cc1oc2nc(CN3CCCC(C)C3CO)nc(N)c2c1C. The van der Waals surface area contributed by atoms with Crippen LogP contribution in [0.1, 0.15) is 36.9 Å². The highest BCUT2D eigenvalue weighted by Crippen LogP contribution is 2.28. The molecule has 1 saturated heterocycles. The van der Waals surface area contributed by atoms with Crippen LogP contribution in [0.2, 0.25) is 0 Å². The minimum absolute atomic E-state index is 0.161. The zero-order valence-corrected chi connectivity index (χ0v) is 13.5. The number of rotatable bonds is 3. The summed E-state index contributed by atoms with van der Waals surface area (Å²) in [4.78, 5) is 11.2. The Morgan fingerprint density at radius 1 is 1.36 bits per heavy atom. The third-order valence-electron chi connectivity index (χ3n) is 4.87. The van der Waals surface area contributed by atoms with Crippen LogP contribution in [-0.2, 0) is 6.54 Å². The summed E-state index contributed by atoms with van der Waals surface area (Å²) in [5.41, 5.74) is 7.65. The third kappa shape index (κ3) is 2.57. The predicted octanol–water partition coefficient (Wildman–Crippen LogP) is 2.01. The van der Waals surface area contributed by atoms with E-state index in [-0.39, 0.29) is 12.6 Å². The van der Waals surface area contributed by atoms with Crippen LogP contribution in [0.5, 0.6) is 0 Å². The van der Waals surface area contributed by atoms with Crippen LogP contribution >= 0.6 is 0 Å². The summed E-state index contributed by atoms with van der Waals surface area (Å²) in [5, 5.41) is 10.5. The van der Waals surface area contributed by atoms with Crippen LogP contribution in [-0.4, -0.2) is 39.2 Å². The van der Waals surface area contributed by atoms with Crippen LogP contribution in [0.15, 0.2) is 4.42 Å². The highest BCUT2D eigenvalue weighted by Gasteiger charge is 2.28. The fourth-order valence-electron chi connectivity index (χ4n) is 3.41. The molecular weight excluding hydrogens is 280 g/mol. The number of nitrogens with zero attached hydrogens (tertiary/aromatic N) is 3. The van der Waals surface area contributed by atoms with Crippen molar-refractivity contribution in [1.29, 1.82) is 0 Å². The summed E-state index contributed by atoms with van der Waals surface area (Å²) in [5.74, 6) is 2.44. The first-order valence-corrected chi connectivity index (χ1v) is 7.88. The number of aromatic nitrogens is 2. The third-order valence-corrected chi connectivity index (χ3v) is 4.87. The van der Waals surface area contributed by atoms with E-state index >= 15 is 0 Å². The summed E-state index contributed by atoms with van der Waals surface area (Å²) in [6.07, 6.45) is 2.29. The number of piperidine rings is 1. The Balaban J connectivity index is 1.90. The lowest BCUT2D eigenvalue weighted by molar-refractivity contribution is 0.0455. The zero-order valence-electron chi connectivity index (χ0n) is 13.5. The van der Waals surface area contributed by atoms with Gasteiger partial charge in [-0.05, 0) is 39.2 Å². The zero-order chi connectivity index (χ0) is 15.9. The lowest BCUT2D eigenvalue weighted by Crippen LogP contribution is -2.46. The number of nitrogen functional groups attached to an aromatic ring is 1. The molecule has 2 atom stereocenters. The molecule has 6 heteroatoms. The largest absolute Gasteiger partial charge is 0.443 e. The van der Waals surface area contributed by atoms with Gasteiger partial charge < -0.3 is 15.3 Å². The van der Waals surface area contributed by atoms with Crippen molar-refractivity contribution >= 4 is 16.9 Å². The molecule has 3 rings (SSSR count). The Morgan fingerprint density at radius 3 is 2.86 bits per heavy atom. The van der Waals surface area contributed by atoms with Crippen LogP contribution in [0, 0.1) is 19.8 Å². The van der Waals surface area contributed by atoms with E-state index in [9.17, 15) is 5.11 Å². The summed E-state index contributed by atoms with van der Waals surface area (Å²) in [7, 11) is 0. The van der Waals surface area contributed by atoms with Crippen LogP contribution < -0.4 is 5.73 Å². The van der Waals surface area contributed by atoms with Crippen molar-refractivity contribution in [2.45, 2.75) is 46.2 Å². The second-order valence-electron chi connectivity index (χ2n) is 6.33. The number of likely N-dealkylation sites (tertiary alicyclic amines) is 1. The smallest absolute Gasteiger partial charge is 0.231 e. The van der Waals surface area contributed by atoms with Gasteiger partial charge in [-0.2, -0.15) is 4.98 Å². The molecule has 0 amide bonds. The first-order valence-electron chi connectivity index (χ1n) is 7.88. The number of hydrogen-bond acceptors (Lipinski definition) is 6. The van der Waals surface area contributed by atoms with Crippen molar-refractivity contribution < 1.29 is 9.52 Å². The van der Waals surface area contributed by atoms with E-state index < -0.39 is 0 Å². The maximum absolute atomic E-state index is 9.65.